The van der Waals surface area contributed by atoms with Gasteiger partial charge in [0.2, 0.25) is 5.91 Å². The molecule has 3 heterocycles. The number of aromatic nitrogens is 2. The van der Waals surface area contributed by atoms with Crippen LogP contribution in [0.15, 0.2) is 18.6 Å². The van der Waals surface area contributed by atoms with Crippen LogP contribution in [0.2, 0.25) is 0 Å². The van der Waals surface area contributed by atoms with Crippen LogP contribution in [0.3, 0.4) is 0 Å². The maximum atomic E-state index is 13.2. The minimum Gasteiger partial charge on any atom is -0.480 e. The standard InChI is InChI=1S/C19H26N4O3/c24-18(13-5-9-22(10-6-13)17-12-20-7-8-21-17)23-15-4-2-1-3-14(15)11-16(23)19(25)26/h7-8,12-16H,1-6,9-11H2,(H,25,26)/t14-,15-,16+/m1/s1. The summed E-state index contributed by atoms with van der Waals surface area (Å²) in [7, 11) is 0. The third-order valence-corrected chi connectivity index (χ3v) is 6.35. The number of anilines is 1. The number of nitrogens with zero attached hydrogens (tertiary/aromatic N) is 4. The Bertz CT molecular complexity index is 660. The topological polar surface area (TPSA) is 86.6 Å². The molecule has 1 N–H and O–H groups in total. The van der Waals surface area contributed by atoms with Gasteiger partial charge >= 0.3 is 5.97 Å². The summed E-state index contributed by atoms with van der Waals surface area (Å²) in [5, 5.41) is 9.65. The second kappa shape index (κ2) is 7.21. The van der Waals surface area contributed by atoms with Gasteiger partial charge in [-0.15, -0.1) is 0 Å². The van der Waals surface area contributed by atoms with E-state index >= 15 is 0 Å². The number of carboxylic acid groups (broad SMARTS) is 1. The second-order valence-corrected chi connectivity index (χ2v) is 7.77. The Hall–Kier alpha value is -2.18. The summed E-state index contributed by atoms with van der Waals surface area (Å²) in [4.78, 5) is 37.3. The zero-order valence-corrected chi connectivity index (χ0v) is 15.0. The lowest BCUT2D eigenvalue weighted by molar-refractivity contribution is -0.152. The van der Waals surface area contributed by atoms with Crippen molar-refractivity contribution in [3.8, 4) is 0 Å². The molecule has 0 bridgehead atoms. The summed E-state index contributed by atoms with van der Waals surface area (Å²) >= 11 is 0. The molecule has 1 saturated carbocycles. The van der Waals surface area contributed by atoms with Crippen molar-refractivity contribution in [2.45, 2.75) is 57.0 Å². The average molecular weight is 358 g/mol. The Morgan fingerprint density at radius 3 is 2.54 bits per heavy atom. The number of fused-ring (bicyclic) bond motifs is 1. The fraction of sp³-hybridized carbons (Fsp3) is 0.684. The van der Waals surface area contributed by atoms with Crippen molar-refractivity contribution < 1.29 is 14.7 Å². The molecule has 140 valence electrons. The van der Waals surface area contributed by atoms with E-state index in [9.17, 15) is 14.7 Å². The van der Waals surface area contributed by atoms with Gasteiger partial charge in [0, 0.05) is 37.4 Å². The number of piperidine rings is 1. The number of carbonyl (C=O) groups excluding carboxylic acids is 1. The van der Waals surface area contributed by atoms with Crippen molar-refractivity contribution in [1.82, 2.24) is 14.9 Å². The van der Waals surface area contributed by atoms with Crippen molar-refractivity contribution >= 4 is 17.7 Å². The molecule has 0 radical (unpaired) electrons. The first-order chi connectivity index (χ1) is 12.6. The molecule has 3 aliphatic rings. The highest BCUT2D eigenvalue weighted by molar-refractivity contribution is 5.86. The first-order valence-corrected chi connectivity index (χ1v) is 9.71. The van der Waals surface area contributed by atoms with Gasteiger partial charge in [-0.05, 0) is 38.0 Å². The predicted octanol–water partition coefficient (Wildman–Crippen LogP) is 1.94. The lowest BCUT2D eigenvalue weighted by Crippen LogP contribution is -2.50. The van der Waals surface area contributed by atoms with Gasteiger partial charge in [0.05, 0.1) is 6.20 Å². The van der Waals surface area contributed by atoms with Gasteiger partial charge in [-0.3, -0.25) is 9.78 Å². The molecule has 2 saturated heterocycles. The van der Waals surface area contributed by atoms with Crippen LogP contribution in [0.1, 0.15) is 44.9 Å². The Morgan fingerprint density at radius 1 is 1.08 bits per heavy atom. The highest BCUT2D eigenvalue weighted by atomic mass is 16.4. The molecule has 0 spiro atoms. The fourth-order valence-electron chi connectivity index (χ4n) is 5.02. The van der Waals surface area contributed by atoms with E-state index in [4.69, 9.17) is 0 Å². The number of hydrogen-bond acceptors (Lipinski definition) is 5. The molecule has 0 aromatic carbocycles. The van der Waals surface area contributed by atoms with Crippen molar-refractivity contribution in [2.24, 2.45) is 11.8 Å². The average Bonchev–Trinajstić information content (AvgIpc) is 3.08. The molecule has 0 unspecified atom stereocenters. The first-order valence-electron chi connectivity index (χ1n) is 9.71. The first kappa shape index (κ1) is 17.2. The van der Waals surface area contributed by atoms with Gasteiger partial charge in [0.25, 0.3) is 0 Å². The molecular weight excluding hydrogens is 332 g/mol. The smallest absolute Gasteiger partial charge is 0.326 e. The minimum absolute atomic E-state index is 0.0607. The molecule has 1 amide bonds. The highest BCUT2D eigenvalue weighted by Crippen LogP contribution is 2.41. The molecule has 4 rings (SSSR count). The second-order valence-electron chi connectivity index (χ2n) is 7.77. The monoisotopic (exact) mass is 358 g/mol. The van der Waals surface area contributed by atoms with Crippen LogP contribution in [-0.2, 0) is 9.59 Å². The molecule has 3 fully saturated rings. The molecule has 1 aromatic rings. The third-order valence-electron chi connectivity index (χ3n) is 6.35. The minimum atomic E-state index is -0.843. The van der Waals surface area contributed by atoms with Crippen LogP contribution in [0.5, 0.6) is 0 Å². The fourth-order valence-corrected chi connectivity index (χ4v) is 5.02. The maximum Gasteiger partial charge on any atom is 0.326 e. The lowest BCUT2D eigenvalue weighted by atomic mass is 9.84. The molecule has 26 heavy (non-hydrogen) atoms. The number of aliphatic carboxylic acids is 1. The van der Waals surface area contributed by atoms with Gasteiger partial charge in [0.1, 0.15) is 11.9 Å². The highest BCUT2D eigenvalue weighted by Gasteiger charge is 2.48. The largest absolute Gasteiger partial charge is 0.480 e. The summed E-state index contributed by atoms with van der Waals surface area (Å²) in [6, 6.07) is -0.496. The summed E-state index contributed by atoms with van der Waals surface area (Å²) < 4.78 is 0. The molecule has 3 atom stereocenters. The Kier molecular flexibility index (Phi) is 4.78. The molecule has 2 aliphatic heterocycles. The van der Waals surface area contributed by atoms with E-state index in [0.29, 0.717) is 12.3 Å². The van der Waals surface area contributed by atoms with E-state index in [1.54, 1.807) is 23.5 Å². The van der Waals surface area contributed by atoms with Crippen molar-refractivity contribution in [3.05, 3.63) is 18.6 Å². The molecular formula is C19H26N4O3. The van der Waals surface area contributed by atoms with E-state index in [1.165, 1.54) is 0 Å². The third kappa shape index (κ3) is 3.15. The summed E-state index contributed by atoms with van der Waals surface area (Å²) in [6.07, 6.45) is 11.5. The van der Waals surface area contributed by atoms with Crippen LogP contribution in [0, 0.1) is 11.8 Å². The number of carbonyl (C=O) groups is 2. The van der Waals surface area contributed by atoms with Gasteiger partial charge in [-0.1, -0.05) is 12.8 Å². The summed E-state index contributed by atoms with van der Waals surface area (Å²) in [6.45, 7) is 1.52. The summed E-state index contributed by atoms with van der Waals surface area (Å²) in [5.41, 5.74) is 0. The normalized spacial score (nSPS) is 29.5. The van der Waals surface area contributed by atoms with E-state index in [-0.39, 0.29) is 17.9 Å². The van der Waals surface area contributed by atoms with Crippen LogP contribution in [-0.4, -0.2) is 57.0 Å². The molecule has 7 nitrogen and oxygen atoms in total. The van der Waals surface area contributed by atoms with Crippen molar-refractivity contribution in [2.75, 3.05) is 18.0 Å². The van der Waals surface area contributed by atoms with E-state index in [2.05, 4.69) is 14.9 Å². The van der Waals surface area contributed by atoms with Gasteiger partial charge in [-0.2, -0.15) is 0 Å². The van der Waals surface area contributed by atoms with Crippen molar-refractivity contribution in [3.63, 3.8) is 0 Å². The van der Waals surface area contributed by atoms with Crippen LogP contribution in [0.25, 0.3) is 0 Å². The molecule has 1 aliphatic carbocycles. The van der Waals surface area contributed by atoms with Gasteiger partial charge in [-0.25, -0.2) is 9.78 Å². The number of likely N-dealkylation sites (tertiary alicyclic amines) is 1. The maximum absolute atomic E-state index is 13.2. The van der Waals surface area contributed by atoms with E-state index in [1.807, 2.05) is 0 Å². The van der Waals surface area contributed by atoms with Crippen LogP contribution < -0.4 is 4.90 Å². The molecule has 7 heteroatoms. The zero-order chi connectivity index (χ0) is 18.1. The van der Waals surface area contributed by atoms with Gasteiger partial charge in [0.15, 0.2) is 0 Å². The SMILES string of the molecule is O=C(O)[C@@H]1C[C@H]2CCCC[C@H]2N1C(=O)C1CCN(c2cnccn2)CC1. The van der Waals surface area contributed by atoms with Crippen molar-refractivity contribution in [1.29, 1.82) is 0 Å². The molecule has 1 aromatic heterocycles. The Morgan fingerprint density at radius 2 is 1.85 bits per heavy atom. The van der Waals surface area contributed by atoms with Crippen LogP contribution in [0.4, 0.5) is 5.82 Å². The van der Waals surface area contributed by atoms with Gasteiger partial charge < -0.3 is 14.9 Å². The van der Waals surface area contributed by atoms with E-state index in [0.717, 1.165) is 57.4 Å². The number of rotatable bonds is 3. The number of amides is 1. The lowest BCUT2D eigenvalue weighted by Gasteiger charge is -2.38. The summed E-state index contributed by atoms with van der Waals surface area (Å²) in [5.74, 6) is 0.351. The predicted molar refractivity (Wildman–Crippen MR) is 95.6 cm³/mol. The number of carboxylic acids is 1. The van der Waals surface area contributed by atoms with Crippen LogP contribution >= 0.6 is 0 Å². The number of hydrogen-bond donors (Lipinski definition) is 1. The Labute approximate surface area is 153 Å². The quantitative estimate of drug-likeness (QED) is 0.889. The zero-order valence-electron chi connectivity index (χ0n) is 15.0. The van der Waals surface area contributed by atoms with E-state index < -0.39 is 12.0 Å². The Balaban J connectivity index is 1.44.